The van der Waals surface area contributed by atoms with Crippen molar-refractivity contribution in [3.05, 3.63) is 0 Å². The quantitative estimate of drug-likeness (QED) is 0.505. The van der Waals surface area contributed by atoms with Gasteiger partial charge in [0.2, 0.25) is 5.91 Å². The van der Waals surface area contributed by atoms with Crippen LogP contribution in [0.2, 0.25) is 0 Å². The number of aliphatic carboxylic acids is 1. The van der Waals surface area contributed by atoms with Gasteiger partial charge in [-0.3, -0.25) is 9.59 Å². The van der Waals surface area contributed by atoms with Crippen molar-refractivity contribution in [1.29, 1.82) is 0 Å². The lowest BCUT2D eigenvalue weighted by molar-refractivity contribution is -0.139. The highest BCUT2D eigenvalue weighted by molar-refractivity contribution is 5.86. The van der Waals surface area contributed by atoms with E-state index in [0.717, 1.165) is 19.3 Å². The average Bonchev–Trinajstić information content (AvgIpc) is 2.16. The van der Waals surface area contributed by atoms with Crippen LogP contribution in [-0.4, -0.2) is 40.3 Å². The fourth-order valence-electron chi connectivity index (χ4n) is 1.88. The molecule has 1 amide bonds. The summed E-state index contributed by atoms with van der Waals surface area (Å²) < 4.78 is 0. The molecule has 16 heavy (non-hydrogen) atoms. The van der Waals surface area contributed by atoms with Gasteiger partial charge in [-0.2, -0.15) is 0 Å². The third-order valence-electron chi connectivity index (χ3n) is 2.72. The number of nitrogens with one attached hydrogen (secondary N) is 1. The van der Waals surface area contributed by atoms with E-state index in [0.29, 0.717) is 6.42 Å². The van der Waals surface area contributed by atoms with Crippen LogP contribution >= 0.6 is 0 Å². The van der Waals surface area contributed by atoms with Gasteiger partial charge in [0.15, 0.2) is 0 Å². The molecule has 0 spiro atoms. The monoisotopic (exact) mass is 230 g/mol. The smallest absolute Gasteiger partial charge is 0.305 e. The standard InChI is InChI=1S/C10H18N2O4/c11-8(5-9(14)15)10(16)12-6-2-1-3-7(13)4-6/h6-8,13H,1-5,11H2,(H,12,16)(H,14,15). The maximum atomic E-state index is 11.5. The fraction of sp³-hybridized carbons (Fsp3) is 0.800. The average molecular weight is 230 g/mol. The number of carbonyl (C=O) groups excluding carboxylic acids is 1. The van der Waals surface area contributed by atoms with Gasteiger partial charge in [0.1, 0.15) is 0 Å². The molecule has 0 aromatic heterocycles. The van der Waals surface area contributed by atoms with Crippen molar-refractivity contribution in [1.82, 2.24) is 5.32 Å². The summed E-state index contributed by atoms with van der Waals surface area (Å²) in [5, 5.41) is 20.5. The number of hydrogen-bond donors (Lipinski definition) is 4. The van der Waals surface area contributed by atoms with Gasteiger partial charge >= 0.3 is 5.97 Å². The second-order valence-corrected chi connectivity index (χ2v) is 4.23. The third-order valence-corrected chi connectivity index (χ3v) is 2.72. The molecule has 6 heteroatoms. The number of carbonyl (C=O) groups is 2. The van der Waals surface area contributed by atoms with E-state index in [-0.39, 0.29) is 18.6 Å². The van der Waals surface area contributed by atoms with Crippen LogP contribution in [0.1, 0.15) is 32.1 Å². The summed E-state index contributed by atoms with van der Waals surface area (Å²) in [6, 6.07) is -1.10. The Hall–Kier alpha value is -1.14. The van der Waals surface area contributed by atoms with Crippen LogP contribution < -0.4 is 11.1 Å². The predicted molar refractivity (Wildman–Crippen MR) is 56.6 cm³/mol. The summed E-state index contributed by atoms with van der Waals surface area (Å²) in [5.74, 6) is -1.55. The summed E-state index contributed by atoms with van der Waals surface area (Å²) in [6.45, 7) is 0. The summed E-state index contributed by atoms with van der Waals surface area (Å²) in [6.07, 6.45) is 2.19. The molecule has 0 radical (unpaired) electrons. The minimum Gasteiger partial charge on any atom is -0.481 e. The SMILES string of the molecule is NC(CC(=O)O)C(=O)NC1CCCC(O)C1. The van der Waals surface area contributed by atoms with Crippen LogP contribution in [-0.2, 0) is 9.59 Å². The molecule has 0 aliphatic heterocycles. The number of amides is 1. The highest BCUT2D eigenvalue weighted by Gasteiger charge is 2.24. The molecule has 5 N–H and O–H groups in total. The zero-order valence-corrected chi connectivity index (χ0v) is 9.06. The number of nitrogens with two attached hydrogens (primary N) is 1. The molecule has 1 aliphatic carbocycles. The van der Waals surface area contributed by atoms with Gasteiger partial charge in [-0.05, 0) is 25.7 Å². The molecule has 0 aromatic carbocycles. The Labute approximate surface area is 93.8 Å². The maximum absolute atomic E-state index is 11.5. The molecule has 0 bridgehead atoms. The zero-order valence-electron chi connectivity index (χ0n) is 9.06. The van der Waals surface area contributed by atoms with Gasteiger partial charge in [0.05, 0.1) is 18.6 Å². The lowest BCUT2D eigenvalue weighted by Gasteiger charge is -2.27. The van der Waals surface area contributed by atoms with Crippen LogP contribution in [0.15, 0.2) is 0 Å². The Bertz CT molecular complexity index is 270. The van der Waals surface area contributed by atoms with E-state index in [1.165, 1.54) is 0 Å². The summed E-state index contributed by atoms with van der Waals surface area (Å²) >= 11 is 0. The van der Waals surface area contributed by atoms with Crippen molar-refractivity contribution in [3.63, 3.8) is 0 Å². The molecule has 92 valence electrons. The molecule has 1 rings (SSSR count). The Kier molecular flexibility index (Phi) is 4.70. The Morgan fingerprint density at radius 2 is 2.12 bits per heavy atom. The first-order valence-electron chi connectivity index (χ1n) is 5.45. The van der Waals surface area contributed by atoms with E-state index in [9.17, 15) is 14.7 Å². The first-order chi connectivity index (χ1) is 7.49. The fourth-order valence-corrected chi connectivity index (χ4v) is 1.88. The van der Waals surface area contributed by atoms with E-state index in [1.54, 1.807) is 0 Å². The lowest BCUT2D eigenvalue weighted by Crippen LogP contribution is -2.48. The second kappa shape index (κ2) is 5.81. The largest absolute Gasteiger partial charge is 0.481 e. The van der Waals surface area contributed by atoms with Gasteiger partial charge in [-0.25, -0.2) is 0 Å². The number of hydrogen-bond acceptors (Lipinski definition) is 4. The molecule has 0 aromatic rings. The third kappa shape index (κ3) is 4.16. The second-order valence-electron chi connectivity index (χ2n) is 4.23. The number of aliphatic hydroxyl groups excluding tert-OH is 1. The van der Waals surface area contributed by atoms with E-state index >= 15 is 0 Å². The highest BCUT2D eigenvalue weighted by atomic mass is 16.4. The Morgan fingerprint density at radius 3 is 2.69 bits per heavy atom. The van der Waals surface area contributed by atoms with Crippen molar-refractivity contribution in [2.45, 2.75) is 50.3 Å². The van der Waals surface area contributed by atoms with Crippen LogP contribution in [0.25, 0.3) is 0 Å². The minimum absolute atomic E-state index is 0.0869. The van der Waals surface area contributed by atoms with Crippen LogP contribution in [0, 0.1) is 0 Å². The summed E-state index contributed by atoms with van der Waals surface area (Å²) in [5.41, 5.74) is 5.41. The van der Waals surface area contributed by atoms with Crippen LogP contribution in [0.4, 0.5) is 0 Å². The maximum Gasteiger partial charge on any atom is 0.305 e. The first-order valence-corrected chi connectivity index (χ1v) is 5.45. The van der Waals surface area contributed by atoms with E-state index < -0.39 is 17.9 Å². The van der Waals surface area contributed by atoms with Crippen LogP contribution in [0.5, 0.6) is 0 Å². The molecular formula is C10H18N2O4. The van der Waals surface area contributed by atoms with Gasteiger partial charge in [-0.15, -0.1) is 0 Å². The topological polar surface area (TPSA) is 113 Å². The molecule has 1 aliphatic rings. The molecular weight excluding hydrogens is 212 g/mol. The molecule has 0 heterocycles. The number of aliphatic hydroxyl groups is 1. The van der Waals surface area contributed by atoms with Crippen LogP contribution in [0.3, 0.4) is 0 Å². The molecule has 1 saturated carbocycles. The van der Waals surface area contributed by atoms with Gasteiger partial charge in [-0.1, -0.05) is 0 Å². The molecule has 3 unspecified atom stereocenters. The number of rotatable bonds is 4. The van der Waals surface area contributed by atoms with Crippen molar-refractivity contribution in [2.24, 2.45) is 5.73 Å². The van der Waals surface area contributed by atoms with Gasteiger partial charge < -0.3 is 21.3 Å². The van der Waals surface area contributed by atoms with Crippen molar-refractivity contribution >= 4 is 11.9 Å². The first kappa shape index (κ1) is 12.9. The van der Waals surface area contributed by atoms with E-state index in [2.05, 4.69) is 5.32 Å². The molecule has 0 saturated heterocycles. The van der Waals surface area contributed by atoms with Crippen molar-refractivity contribution in [3.8, 4) is 0 Å². The van der Waals surface area contributed by atoms with E-state index in [1.807, 2.05) is 0 Å². The number of carboxylic acids is 1. The molecule has 6 nitrogen and oxygen atoms in total. The predicted octanol–water partition coefficient (Wildman–Crippen LogP) is -0.792. The normalized spacial score (nSPS) is 27.1. The summed E-state index contributed by atoms with van der Waals surface area (Å²) in [4.78, 5) is 21.8. The molecule has 1 fully saturated rings. The van der Waals surface area contributed by atoms with Crippen molar-refractivity contribution in [2.75, 3.05) is 0 Å². The van der Waals surface area contributed by atoms with Gasteiger partial charge in [0.25, 0.3) is 0 Å². The Balaban J connectivity index is 2.35. The summed E-state index contributed by atoms with van der Waals surface area (Å²) in [7, 11) is 0. The Morgan fingerprint density at radius 1 is 1.44 bits per heavy atom. The van der Waals surface area contributed by atoms with Gasteiger partial charge in [0, 0.05) is 6.04 Å². The number of carboxylic acid groups (broad SMARTS) is 1. The van der Waals surface area contributed by atoms with Crippen molar-refractivity contribution < 1.29 is 19.8 Å². The minimum atomic E-state index is -1.09. The van der Waals surface area contributed by atoms with E-state index in [4.69, 9.17) is 10.8 Å². The molecule has 3 atom stereocenters. The lowest BCUT2D eigenvalue weighted by atomic mass is 9.93. The zero-order chi connectivity index (χ0) is 12.1. The highest BCUT2D eigenvalue weighted by Crippen LogP contribution is 2.18.